The Balaban J connectivity index is 0.000000518. The van der Waals surface area contributed by atoms with Crippen LogP contribution in [0.15, 0.2) is 0 Å². The molecule has 7 heteroatoms. The zero-order valence-electron chi connectivity index (χ0n) is 23.0. The van der Waals surface area contributed by atoms with E-state index in [1.165, 1.54) is 96.3 Å². The Morgan fingerprint density at radius 1 is 0.432 bits per heavy atom. The number of carbonyl (C=O) groups excluding carboxylic acids is 3. The molecule has 37 heavy (non-hydrogen) atoms. The van der Waals surface area contributed by atoms with E-state index in [2.05, 4.69) is 0 Å². The maximum absolute atomic E-state index is 10.1. The van der Waals surface area contributed by atoms with Crippen molar-refractivity contribution in [2.24, 2.45) is 17.8 Å². The first kappa shape index (κ1) is 35.9. The molecule has 0 unspecified atom stereocenters. The van der Waals surface area contributed by atoms with Gasteiger partial charge in [0.25, 0.3) is 0 Å². The van der Waals surface area contributed by atoms with Gasteiger partial charge in [-0.2, -0.15) is 0 Å². The van der Waals surface area contributed by atoms with E-state index in [0.717, 1.165) is 56.3 Å². The summed E-state index contributed by atoms with van der Waals surface area (Å²) >= 11 is 0. The molecule has 0 aliphatic heterocycles. The topological polar surface area (TPSA) is 120 Å². The Bertz CT molecular complexity index is 498. The second-order valence-electron chi connectivity index (χ2n) is 11.3. The summed E-state index contributed by atoms with van der Waals surface area (Å²) in [5.41, 5.74) is 0. The molecule has 0 N–H and O–H groups in total. The summed E-state index contributed by atoms with van der Waals surface area (Å²) in [5, 5.41) is 30.4. The third kappa shape index (κ3) is 22.6. The van der Waals surface area contributed by atoms with Crippen LogP contribution in [-0.2, 0) is 31.5 Å². The van der Waals surface area contributed by atoms with E-state index < -0.39 is 17.9 Å². The van der Waals surface area contributed by atoms with E-state index in [-0.39, 0.29) is 36.3 Å². The molecule has 3 saturated carbocycles. The van der Waals surface area contributed by atoms with Crippen molar-refractivity contribution in [1.29, 1.82) is 0 Å². The van der Waals surface area contributed by atoms with Gasteiger partial charge in [0.05, 0.1) is 0 Å². The van der Waals surface area contributed by atoms with Crippen LogP contribution in [0.5, 0.6) is 0 Å². The minimum absolute atomic E-state index is 0. The molecule has 0 aromatic heterocycles. The van der Waals surface area contributed by atoms with Crippen LogP contribution in [0, 0.1) is 17.8 Å². The molecule has 0 saturated heterocycles. The van der Waals surface area contributed by atoms with E-state index in [1.54, 1.807) is 0 Å². The summed E-state index contributed by atoms with van der Waals surface area (Å²) in [5.74, 6) is -0.281. The van der Waals surface area contributed by atoms with Gasteiger partial charge in [-0.15, -0.1) is 0 Å². The first-order valence-electron chi connectivity index (χ1n) is 15.0. The molecule has 0 heterocycles. The third-order valence-corrected chi connectivity index (χ3v) is 8.15. The largest absolute Gasteiger partial charge is 3.00 e. The summed E-state index contributed by atoms with van der Waals surface area (Å²) in [6.45, 7) is 0. The first-order valence-corrected chi connectivity index (χ1v) is 15.0. The van der Waals surface area contributed by atoms with Gasteiger partial charge in [-0.3, -0.25) is 0 Å². The molecule has 6 nitrogen and oxygen atoms in total. The average molecular weight is 564 g/mol. The molecule has 0 aromatic rings. The molecular weight excluding hydrogens is 512 g/mol. The summed E-state index contributed by atoms with van der Waals surface area (Å²) in [6, 6.07) is 0. The second kappa shape index (κ2) is 24.0. The van der Waals surface area contributed by atoms with Gasteiger partial charge in [0.1, 0.15) is 0 Å². The molecule has 0 bridgehead atoms. The monoisotopic (exact) mass is 563 g/mol. The van der Waals surface area contributed by atoms with Crippen LogP contribution >= 0.6 is 0 Å². The Morgan fingerprint density at radius 3 is 0.838 bits per heavy atom. The molecule has 1 radical (unpaired) electrons. The summed E-state index contributed by atoms with van der Waals surface area (Å²) < 4.78 is 0. The van der Waals surface area contributed by atoms with E-state index in [9.17, 15) is 29.7 Å². The van der Waals surface area contributed by atoms with Crippen LogP contribution in [-0.4, -0.2) is 17.9 Å². The number of carboxylic acids is 3. The maximum Gasteiger partial charge on any atom is 3.00 e. The molecule has 3 aliphatic carbocycles. The minimum Gasteiger partial charge on any atom is -0.550 e. The van der Waals surface area contributed by atoms with Crippen LogP contribution in [0.4, 0.5) is 0 Å². The number of hydrogen-bond acceptors (Lipinski definition) is 6. The van der Waals surface area contributed by atoms with E-state index >= 15 is 0 Å². The van der Waals surface area contributed by atoms with Crippen molar-refractivity contribution in [2.45, 2.75) is 154 Å². The second-order valence-corrected chi connectivity index (χ2v) is 11.3. The normalized spacial score (nSPS) is 18.8. The fraction of sp³-hybridized carbons (Fsp3) is 0.900. The standard InChI is InChI=1S/3C10H18O2.Fe/c3*11-10(12)8-4-7-9-5-2-1-3-6-9;/h3*9H,1-8H2,(H,11,12);/q;;;+3/p-3. The van der Waals surface area contributed by atoms with Gasteiger partial charge in [-0.05, 0) is 56.3 Å². The van der Waals surface area contributed by atoms with Crippen LogP contribution in [0.1, 0.15) is 154 Å². The van der Waals surface area contributed by atoms with Crippen molar-refractivity contribution in [3.05, 3.63) is 0 Å². The summed E-state index contributed by atoms with van der Waals surface area (Å²) in [7, 11) is 0. The van der Waals surface area contributed by atoms with Gasteiger partial charge >= 0.3 is 17.1 Å². The molecule has 3 aliphatic rings. The predicted molar refractivity (Wildman–Crippen MR) is 136 cm³/mol. The Labute approximate surface area is 236 Å². The number of aliphatic carboxylic acids is 3. The molecule has 3 fully saturated rings. The van der Waals surface area contributed by atoms with Crippen molar-refractivity contribution in [1.82, 2.24) is 0 Å². The molecule has 0 atom stereocenters. The number of carboxylic acid groups (broad SMARTS) is 3. The SMILES string of the molecule is O=C([O-])CCCC1CCCCC1.O=C([O-])CCCC1CCCCC1.O=C([O-])CCCC1CCCCC1.[Fe+3]. The zero-order valence-corrected chi connectivity index (χ0v) is 24.1. The number of rotatable bonds is 12. The molecule has 0 amide bonds. The van der Waals surface area contributed by atoms with Crippen LogP contribution in [0.3, 0.4) is 0 Å². The van der Waals surface area contributed by atoms with Gasteiger partial charge in [-0.1, -0.05) is 116 Å². The van der Waals surface area contributed by atoms with Crippen LogP contribution in [0.2, 0.25) is 0 Å². The Morgan fingerprint density at radius 2 is 0.649 bits per heavy atom. The summed E-state index contributed by atoms with van der Waals surface area (Å²) in [6.07, 6.45) is 26.5. The molecule has 3 rings (SSSR count). The first-order chi connectivity index (χ1) is 17.4. The van der Waals surface area contributed by atoms with E-state index in [0.29, 0.717) is 0 Å². The number of hydrogen-bond donors (Lipinski definition) is 0. The van der Waals surface area contributed by atoms with Crippen molar-refractivity contribution in [2.75, 3.05) is 0 Å². The van der Waals surface area contributed by atoms with Crippen molar-refractivity contribution >= 4 is 17.9 Å². The predicted octanol–water partition coefficient (Wildman–Crippen LogP) is 4.46. The van der Waals surface area contributed by atoms with Gasteiger partial charge < -0.3 is 29.7 Å². The van der Waals surface area contributed by atoms with Crippen molar-refractivity contribution < 1.29 is 46.8 Å². The quantitative estimate of drug-likeness (QED) is 0.324. The van der Waals surface area contributed by atoms with Crippen molar-refractivity contribution in [3.63, 3.8) is 0 Å². The van der Waals surface area contributed by atoms with E-state index in [4.69, 9.17) is 0 Å². The van der Waals surface area contributed by atoms with Crippen molar-refractivity contribution in [3.8, 4) is 0 Å². The molecule has 0 spiro atoms. The molecular formula is C30H51FeO6. The Kier molecular flexibility index (Phi) is 23.3. The number of carbonyl (C=O) groups is 3. The van der Waals surface area contributed by atoms with Crippen LogP contribution in [0.25, 0.3) is 0 Å². The fourth-order valence-corrected chi connectivity index (χ4v) is 6.03. The smallest absolute Gasteiger partial charge is 0.550 e. The van der Waals surface area contributed by atoms with Gasteiger partial charge in [-0.25, -0.2) is 0 Å². The zero-order chi connectivity index (χ0) is 26.4. The van der Waals surface area contributed by atoms with E-state index in [1.807, 2.05) is 0 Å². The minimum atomic E-state index is -0.897. The third-order valence-electron chi connectivity index (χ3n) is 8.15. The Hall–Kier alpha value is -1.07. The summed E-state index contributed by atoms with van der Waals surface area (Å²) in [4.78, 5) is 30.4. The van der Waals surface area contributed by atoms with Gasteiger partial charge in [0, 0.05) is 17.9 Å². The molecule has 0 aromatic carbocycles. The molecule has 215 valence electrons. The van der Waals surface area contributed by atoms with Crippen LogP contribution < -0.4 is 15.3 Å². The fourth-order valence-electron chi connectivity index (χ4n) is 6.03. The maximum atomic E-state index is 10.1. The van der Waals surface area contributed by atoms with Gasteiger partial charge in [0.2, 0.25) is 0 Å². The van der Waals surface area contributed by atoms with Gasteiger partial charge in [0.15, 0.2) is 0 Å². The average Bonchev–Trinajstić information content (AvgIpc) is 2.86.